The summed E-state index contributed by atoms with van der Waals surface area (Å²) in [7, 11) is 0. The minimum atomic E-state index is 0.319. The molecule has 16 heavy (non-hydrogen) atoms. The summed E-state index contributed by atoms with van der Waals surface area (Å²) < 4.78 is 0. The van der Waals surface area contributed by atoms with Crippen molar-refractivity contribution in [2.24, 2.45) is 11.1 Å². The molecule has 0 radical (unpaired) electrons. The molecule has 3 heteroatoms. The largest absolute Gasteiger partial charge is 0.327 e. The Balaban J connectivity index is 2.03. The molecule has 0 saturated heterocycles. The standard InChI is InChI=1S/C13H20N2S/c1-13(2)7-6-10(14)11(9-13)16-12-5-3-4-8-15-12/h3-5,8,10-11H,6-7,9,14H2,1-2H3. The molecule has 0 bridgehead atoms. The molecule has 2 atom stereocenters. The summed E-state index contributed by atoms with van der Waals surface area (Å²) in [4.78, 5) is 4.36. The zero-order chi connectivity index (χ0) is 11.6. The van der Waals surface area contributed by atoms with Crippen molar-refractivity contribution in [3.05, 3.63) is 24.4 Å². The Labute approximate surface area is 102 Å². The Kier molecular flexibility index (Phi) is 3.55. The van der Waals surface area contributed by atoms with Gasteiger partial charge in [-0.1, -0.05) is 19.9 Å². The maximum atomic E-state index is 6.20. The average Bonchev–Trinajstić information content (AvgIpc) is 2.25. The Morgan fingerprint density at radius 3 is 2.94 bits per heavy atom. The second kappa shape index (κ2) is 4.76. The summed E-state index contributed by atoms with van der Waals surface area (Å²) in [5, 5.41) is 1.61. The molecule has 0 spiro atoms. The second-order valence-corrected chi connectivity index (χ2v) is 6.65. The number of hydrogen-bond acceptors (Lipinski definition) is 3. The summed E-state index contributed by atoms with van der Waals surface area (Å²) >= 11 is 1.84. The summed E-state index contributed by atoms with van der Waals surface area (Å²) in [6.45, 7) is 4.68. The van der Waals surface area contributed by atoms with Crippen molar-refractivity contribution in [3.63, 3.8) is 0 Å². The van der Waals surface area contributed by atoms with Crippen molar-refractivity contribution in [3.8, 4) is 0 Å². The molecule has 2 unspecified atom stereocenters. The van der Waals surface area contributed by atoms with Crippen LogP contribution in [0.5, 0.6) is 0 Å². The van der Waals surface area contributed by atoms with Crippen molar-refractivity contribution < 1.29 is 0 Å². The number of rotatable bonds is 2. The van der Waals surface area contributed by atoms with Crippen molar-refractivity contribution in [2.45, 2.75) is 49.4 Å². The highest BCUT2D eigenvalue weighted by Gasteiger charge is 2.33. The van der Waals surface area contributed by atoms with Gasteiger partial charge in [-0.15, -0.1) is 11.8 Å². The van der Waals surface area contributed by atoms with Crippen molar-refractivity contribution in [2.75, 3.05) is 0 Å². The van der Waals surface area contributed by atoms with Gasteiger partial charge >= 0.3 is 0 Å². The molecule has 0 aliphatic heterocycles. The molecule has 0 amide bonds. The lowest BCUT2D eigenvalue weighted by Crippen LogP contribution is -2.41. The van der Waals surface area contributed by atoms with Gasteiger partial charge in [-0.05, 0) is 36.8 Å². The van der Waals surface area contributed by atoms with Crippen LogP contribution in [0.3, 0.4) is 0 Å². The lowest BCUT2D eigenvalue weighted by atomic mass is 9.75. The number of pyridine rings is 1. The van der Waals surface area contributed by atoms with Crippen LogP contribution in [0.4, 0.5) is 0 Å². The van der Waals surface area contributed by atoms with Gasteiger partial charge in [0.2, 0.25) is 0 Å². The molecule has 1 heterocycles. The van der Waals surface area contributed by atoms with E-state index in [0.717, 1.165) is 11.4 Å². The van der Waals surface area contributed by atoms with Gasteiger partial charge in [-0.2, -0.15) is 0 Å². The van der Waals surface area contributed by atoms with Gasteiger partial charge in [0.25, 0.3) is 0 Å². The Morgan fingerprint density at radius 1 is 1.44 bits per heavy atom. The predicted octanol–water partition coefficient (Wildman–Crippen LogP) is 3.08. The van der Waals surface area contributed by atoms with Gasteiger partial charge in [-0.3, -0.25) is 0 Å². The van der Waals surface area contributed by atoms with E-state index in [9.17, 15) is 0 Å². The Hall–Kier alpha value is -0.540. The maximum absolute atomic E-state index is 6.20. The van der Waals surface area contributed by atoms with Crippen LogP contribution in [0.1, 0.15) is 33.1 Å². The van der Waals surface area contributed by atoms with Gasteiger partial charge in [0.1, 0.15) is 0 Å². The van der Waals surface area contributed by atoms with Crippen LogP contribution >= 0.6 is 11.8 Å². The fourth-order valence-electron chi connectivity index (χ4n) is 2.24. The lowest BCUT2D eigenvalue weighted by molar-refractivity contribution is 0.232. The highest BCUT2D eigenvalue weighted by molar-refractivity contribution is 7.99. The van der Waals surface area contributed by atoms with Crippen LogP contribution in [0.15, 0.2) is 29.4 Å². The van der Waals surface area contributed by atoms with Crippen LogP contribution in [0.2, 0.25) is 0 Å². The molecule has 2 rings (SSSR count). The predicted molar refractivity (Wildman–Crippen MR) is 69.5 cm³/mol. The first-order chi connectivity index (χ1) is 7.57. The molecule has 88 valence electrons. The quantitative estimate of drug-likeness (QED) is 0.857. The number of nitrogens with two attached hydrogens (primary N) is 1. The van der Waals surface area contributed by atoms with E-state index in [4.69, 9.17) is 5.73 Å². The highest BCUT2D eigenvalue weighted by atomic mass is 32.2. The minimum absolute atomic E-state index is 0.319. The van der Waals surface area contributed by atoms with E-state index in [2.05, 4.69) is 24.9 Å². The van der Waals surface area contributed by atoms with Gasteiger partial charge in [-0.25, -0.2) is 4.98 Å². The van der Waals surface area contributed by atoms with E-state index in [1.165, 1.54) is 12.8 Å². The van der Waals surface area contributed by atoms with Crippen LogP contribution in [0.25, 0.3) is 0 Å². The molecule has 2 N–H and O–H groups in total. The topological polar surface area (TPSA) is 38.9 Å². The first-order valence-corrected chi connectivity index (χ1v) is 6.78. The molecule has 2 nitrogen and oxygen atoms in total. The summed E-state index contributed by atoms with van der Waals surface area (Å²) in [5.74, 6) is 0. The highest BCUT2D eigenvalue weighted by Crippen LogP contribution is 2.41. The van der Waals surface area contributed by atoms with Crippen molar-refractivity contribution in [1.82, 2.24) is 4.98 Å². The van der Waals surface area contributed by atoms with Gasteiger partial charge in [0.05, 0.1) is 5.03 Å². The molecular weight excluding hydrogens is 216 g/mol. The van der Waals surface area contributed by atoms with E-state index in [-0.39, 0.29) is 0 Å². The number of hydrogen-bond donors (Lipinski definition) is 1. The van der Waals surface area contributed by atoms with Crippen LogP contribution in [-0.4, -0.2) is 16.3 Å². The summed E-state index contributed by atoms with van der Waals surface area (Å²) in [6, 6.07) is 6.38. The van der Waals surface area contributed by atoms with Crippen molar-refractivity contribution in [1.29, 1.82) is 0 Å². The summed E-state index contributed by atoms with van der Waals surface area (Å²) in [6.07, 6.45) is 5.42. The van der Waals surface area contributed by atoms with Gasteiger partial charge < -0.3 is 5.73 Å². The maximum Gasteiger partial charge on any atom is 0.0963 e. The monoisotopic (exact) mass is 236 g/mol. The van der Waals surface area contributed by atoms with Gasteiger partial charge in [0.15, 0.2) is 0 Å². The molecule has 1 aliphatic carbocycles. The zero-order valence-corrected chi connectivity index (χ0v) is 10.8. The number of aromatic nitrogens is 1. The second-order valence-electron chi connectivity index (χ2n) is 5.40. The fourth-order valence-corrected chi connectivity index (χ4v) is 3.68. The number of nitrogens with zero attached hydrogens (tertiary/aromatic N) is 1. The molecular formula is C13H20N2S. The first kappa shape index (κ1) is 11.9. The average molecular weight is 236 g/mol. The molecule has 0 aromatic carbocycles. The molecule has 1 aromatic heterocycles. The van der Waals surface area contributed by atoms with Crippen LogP contribution in [-0.2, 0) is 0 Å². The van der Waals surface area contributed by atoms with E-state index in [0.29, 0.717) is 16.7 Å². The van der Waals surface area contributed by atoms with E-state index in [1.807, 2.05) is 30.1 Å². The first-order valence-electron chi connectivity index (χ1n) is 5.90. The van der Waals surface area contributed by atoms with Crippen LogP contribution < -0.4 is 5.73 Å². The van der Waals surface area contributed by atoms with Crippen molar-refractivity contribution >= 4 is 11.8 Å². The molecule has 1 aromatic rings. The SMILES string of the molecule is CC1(C)CCC(N)C(Sc2ccccn2)C1. The molecule has 1 fully saturated rings. The van der Waals surface area contributed by atoms with E-state index >= 15 is 0 Å². The fraction of sp³-hybridized carbons (Fsp3) is 0.615. The molecule has 1 saturated carbocycles. The Bertz CT molecular complexity index is 337. The third kappa shape index (κ3) is 2.98. The third-order valence-corrected chi connectivity index (χ3v) is 4.60. The van der Waals surface area contributed by atoms with Gasteiger partial charge in [0, 0.05) is 17.5 Å². The zero-order valence-electron chi connectivity index (χ0n) is 10.0. The number of thioether (sulfide) groups is 1. The van der Waals surface area contributed by atoms with E-state index in [1.54, 1.807) is 0 Å². The normalized spacial score (nSPS) is 28.9. The summed E-state index contributed by atoms with van der Waals surface area (Å²) in [5.41, 5.74) is 6.63. The van der Waals surface area contributed by atoms with E-state index < -0.39 is 0 Å². The van der Waals surface area contributed by atoms with Crippen LogP contribution in [0, 0.1) is 5.41 Å². The third-order valence-electron chi connectivity index (χ3n) is 3.30. The molecule has 1 aliphatic rings. The smallest absolute Gasteiger partial charge is 0.0963 e. The Morgan fingerprint density at radius 2 is 2.25 bits per heavy atom. The minimum Gasteiger partial charge on any atom is -0.327 e. The lowest BCUT2D eigenvalue weighted by Gasteiger charge is -2.38.